The fraction of sp³-hybridized carbons (Fsp3) is 0.0164. The molecule has 1 aliphatic carbocycles. The molecule has 0 bridgehead atoms. The van der Waals surface area contributed by atoms with Crippen molar-refractivity contribution in [1.82, 2.24) is 0 Å². The maximum atomic E-state index is 6.93. The Morgan fingerprint density at radius 1 is 0.317 bits per heavy atom. The van der Waals surface area contributed by atoms with Crippen LogP contribution in [0.15, 0.2) is 253 Å². The van der Waals surface area contributed by atoms with Gasteiger partial charge < -0.3 is 9.32 Å². The van der Waals surface area contributed by atoms with Crippen molar-refractivity contribution in [3.05, 3.63) is 271 Å². The van der Waals surface area contributed by atoms with Crippen molar-refractivity contribution in [3.63, 3.8) is 0 Å². The van der Waals surface area contributed by atoms with Gasteiger partial charge >= 0.3 is 0 Å². The average molecular weight is 804 g/mol. The van der Waals surface area contributed by atoms with Crippen LogP contribution in [0.2, 0.25) is 0 Å². The molecule has 1 aliphatic rings. The third-order valence-corrected chi connectivity index (χ3v) is 13.0. The first kappa shape index (κ1) is 36.6. The third-order valence-electron chi connectivity index (χ3n) is 13.0. The lowest BCUT2D eigenvalue weighted by Crippen LogP contribution is -2.28. The van der Waals surface area contributed by atoms with E-state index in [2.05, 4.69) is 254 Å². The Labute approximate surface area is 367 Å². The highest BCUT2D eigenvalue weighted by atomic mass is 16.3. The highest BCUT2D eigenvalue weighted by molar-refractivity contribution is 6.12. The molecule has 0 saturated heterocycles. The lowest BCUT2D eigenvalue weighted by atomic mass is 9.67. The van der Waals surface area contributed by atoms with E-state index in [0.717, 1.165) is 61.3 Å². The summed E-state index contributed by atoms with van der Waals surface area (Å²) in [7, 11) is 0. The van der Waals surface area contributed by atoms with Gasteiger partial charge in [0.15, 0.2) is 0 Å². The number of furan rings is 1. The first-order valence-corrected chi connectivity index (χ1v) is 21.7. The quantitative estimate of drug-likeness (QED) is 0.152. The van der Waals surface area contributed by atoms with E-state index in [9.17, 15) is 0 Å². The lowest BCUT2D eigenvalue weighted by molar-refractivity contribution is 0.670. The van der Waals surface area contributed by atoms with Crippen LogP contribution in [0.3, 0.4) is 0 Å². The molecule has 2 heteroatoms. The highest BCUT2D eigenvalue weighted by Crippen LogP contribution is 2.57. The molecule has 0 aliphatic heterocycles. The van der Waals surface area contributed by atoms with Crippen LogP contribution in [0.4, 0.5) is 17.1 Å². The summed E-state index contributed by atoms with van der Waals surface area (Å²) in [5.41, 5.74) is 18.7. The van der Waals surface area contributed by atoms with Gasteiger partial charge in [-0.3, -0.25) is 0 Å². The molecule has 0 spiro atoms. The Kier molecular flexibility index (Phi) is 8.76. The van der Waals surface area contributed by atoms with Gasteiger partial charge in [0.25, 0.3) is 0 Å². The van der Waals surface area contributed by atoms with E-state index in [4.69, 9.17) is 4.42 Å². The normalized spacial score (nSPS) is 12.6. The number of benzene rings is 10. The Balaban J connectivity index is 1.13. The molecule has 11 aromatic rings. The molecule has 0 amide bonds. The first-order chi connectivity index (χ1) is 31.3. The van der Waals surface area contributed by atoms with Gasteiger partial charge in [-0.15, -0.1) is 0 Å². The zero-order chi connectivity index (χ0) is 41.7. The molecule has 0 radical (unpaired) electrons. The van der Waals surface area contributed by atoms with Crippen LogP contribution in [-0.4, -0.2) is 0 Å². The number of anilines is 3. The van der Waals surface area contributed by atoms with E-state index in [1.807, 2.05) is 0 Å². The number of hydrogen-bond donors (Lipinski definition) is 0. The summed E-state index contributed by atoms with van der Waals surface area (Å²) in [5.74, 6) is 0. The Bertz CT molecular complexity index is 3390. The van der Waals surface area contributed by atoms with Crippen LogP contribution >= 0.6 is 0 Å². The van der Waals surface area contributed by atoms with Crippen molar-refractivity contribution in [2.24, 2.45) is 0 Å². The minimum atomic E-state index is -0.532. The standard InChI is InChI=1S/C61H41NO/c1-5-19-42(20-6-1)43-33-36-48(37-34-43)62(58-31-17-14-27-50(58)44-21-7-2-8-22-44)49-40-54(60-55(41-49)53-29-15-18-32-59(53)63-60)45-35-38-52-51-28-13-16-30-56(51)61(57(52)39-45,46-23-9-3-10-24-46)47-25-11-4-12-26-47/h1-41H. The summed E-state index contributed by atoms with van der Waals surface area (Å²) < 4.78 is 6.93. The van der Waals surface area contributed by atoms with Crippen molar-refractivity contribution >= 4 is 39.0 Å². The molecule has 0 atom stereocenters. The molecule has 12 rings (SSSR count). The number of nitrogens with zero attached hydrogens (tertiary/aromatic N) is 1. The SMILES string of the molecule is c1ccc(-c2ccc(N(c3cc(-c4ccc5c(c4)C(c4ccccc4)(c4ccccc4)c4ccccc4-5)c4oc5ccccc5c4c3)c3ccccc3-c3ccccc3)cc2)cc1. The van der Waals surface area contributed by atoms with Crippen LogP contribution in [0, 0.1) is 0 Å². The molecule has 10 aromatic carbocycles. The smallest absolute Gasteiger partial charge is 0.143 e. The molecular weight excluding hydrogens is 763 g/mol. The van der Waals surface area contributed by atoms with Gasteiger partial charge in [0.2, 0.25) is 0 Å². The topological polar surface area (TPSA) is 16.4 Å². The van der Waals surface area contributed by atoms with E-state index < -0.39 is 5.41 Å². The van der Waals surface area contributed by atoms with Gasteiger partial charge in [-0.05, 0) is 98.1 Å². The summed E-state index contributed by atoms with van der Waals surface area (Å²) >= 11 is 0. The van der Waals surface area contributed by atoms with E-state index in [0.29, 0.717) is 0 Å². The monoisotopic (exact) mass is 803 g/mol. The van der Waals surface area contributed by atoms with Crippen LogP contribution < -0.4 is 4.90 Å². The fourth-order valence-corrected chi connectivity index (χ4v) is 10.2. The van der Waals surface area contributed by atoms with E-state index in [1.54, 1.807) is 0 Å². The van der Waals surface area contributed by atoms with E-state index in [1.165, 1.54) is 44.5 Å². The second-order valence-corrected chi connectivity index (χ2v) is 16.4. The Morgan fingerprint density at radius 2 is 0.857 bits per heavy atom. The van der Waals surface area contributed by atoms with E-state index in [-0.39, 0.29) is 0 Å². The molecule has 0 N–H and O–H groups in total. The molecule has 1 heterocycles. The predicted octanol–water partition coefficient (Wildman–Crippen LogP) is 16.4. The summed E-state index contributed by atoms with van der Waals surface area (Å²) in [5, 5.41) is 2.16. The van der Waals surface area contributed by atoms with Crippen molar-refractivity contribution in [2.75, 3.05) is 4.90 Å². The van der Waals surface area contributed by atoms with Crippen LogP contribution in [0.1, 0.15) is 22.3 Å². The lowest BCUT2D eigenvalue weighted by Gasteiger charge is -2.34. The van der Waals surface area contributed by atoms with Gasteiger partial charge in [-0.1, -0.05) is 206 Å². The largest absolute Gasteiger partial charge is 0.455 e. The Hall–Kier alpha value is -8.20. The molecule has 1 aromatic heterocycles. The molecule has 63 heavy (non-hydrogen) atoms. The zero-order valence-corrected chi connectivity index (χ0v) is 34.5. The van der Waals surface area contributed by atoms with Gasteiger partial charge in [0.1, 0.15) is 11.2 Å². The fourth-order valence-electron chi connectivity index (χ4n) is 10.2. The maximum Gasteiger partial charge on any atom is 0.143 e. The molecule has 0 saturated carbocycles. The number of para-hydroxylation sites is 2. The molecule has 0 fully saturated rings. The average Bonchev–Trinajstić information content (AvgIpc) is 3.89. The summed E-state index contributed by atoms with van der Waals surface area (Å²) in [6, 6.07) is 90.2. The summed E-state index contributed by atoms with van der Waals surface area (Å²) in [4.78, 5) is 2.42. The maximum absolute atomic E-state index is 6.93. The summed E-state index contributed by atoms with van der Waals surface area (Å²) in [6.07, 6.45) is 0. The number of hydrogen-bond acceptors (Lipinski definition) is 2. The predicted molar refractivity (Wildman–Crippen MR) is 262 cm³/mol. The van der Waals surface area contributed by atoms with Crippen LogP contribution in [-0.2, 0) is 5.41 Å². The zero-order valence-electron chi connectivity index (χ0n) is 34.5. The first-order valence-electron chi connectivity index (χ1n) is 21.7. The minimum Gasteiger partial charge on any atom is -0.455 e. The highest BCUT2D eigenvalue weighted by Gasteiger charge is 2.46. The summed E-state index contributed by atoms with van der Waals surface area (Å²) in [6.45, 7) is 0. The van der Waals surface area contributed by atoms with Gasteiger partial charge in [-0.2, -0.15) is 0 Å². The molecule has 296 valence electrons. The minimum absolute atomic E-state index is 0.532. The van der Waals surface area contributed by atoms with Crippen molar-refractivity contribution < 1.29 is 4.42 Å². The van der Waals surface area contributed by atoms with Gasteiger partial charge in [0, 0.05) is 33.3 Å². The second-order valence-electron chi connectivity index (χ2n) is 16.4. The Morgan fingerprint density at radius 3 is 1.57 bits per heavy atom. The van der Waals surface area contributed by atoms with Crippen molar-refractivity contribution in [3.8, 4) is 44.5 Å². The van der Waals surface area contributed by atoms with E-state index >= 15 is 0 Å². The van der Waals surface area contributed by atoms with Crippen LogP contribution in [0.25, 0.3) is 66.4 Å². The van der Waals surface area contributed by atoms with Gasteiger partial charge in [0.05, 0.1) is 11.1 Å². The molecule has 2 nitrogen and oxygen atoms in total. The van der Waals surface area contributed by atoms with Crippen molar-refractivity contribution in [1.29, 1.82) is 0 Å². The van der Waals surface area contributed by atoms with Crippen LogP contribution in [0.5, 0.6) is 0 Å². The third kappa shape index (κ3) is 5.95. The second kappa shape index (κ2) is 15.1. The number of fused-ring (bicyclic) bond motifs is 6. The molecule has 0 unspecified atom stereocenters. The van der Waals surface area contributed by atoms with Gasteiger partial charge in [-0.25, -0.2) is 0 Å². The van der Waals surface area contributed by atoms with Crippen molar-refractivity contribution in [2.45, 2.75) is 5.41 Å². The number of rotatable bonds is 8. The molecular formula is C61H41NO.